The average Bonchev–Trinajstić information content (AvgIpc) is 2.79. The molecule has 0 fully saturated rings. The van der Waals surface area contributed by atoms with E-state index in [1.165, 1.54) is 11.8 Å². The molecule has 2 aromatic rings. The molecule has 4 nitrogen and oxygen atoms in total. The second-order valence-corrected chi connectivity index (χ2v) is 6.42. The Labute approximate surface area is 124 Å². The number of aromatic carboxylic acids is 1. The maximum Gasteiger partial charge on any atom is 0.347 e. The van der Waals surface area contributed by atoms with Crippen LogP contribution in [-0.2, 0) is 0 Å². The number of aromatic nitrogens is 1. The summed E-state index contributed by atoms with van der Waals surface area (Å²) in [5.74, 6) is -0.837. The molecule has 0 aliphatic heterocycles. The van der Waals surface area contributed by atoms with Crippen LogP contribution >= 0.6 is 23.1 Å². The Bertz CT molecular complexity index is 647. The molecule has 0 spiro atoms. The number of Topliss-reactive ketones (excluding diaryl/α,β-unsaturated/α-hetero) is 1. The van der Waals surface area contributed by atoms with Gasteiger partial charge in [-0.25, -0.2) is 9.78 Å². The SMILES string of the molecule is CCC(=O)c1ccc(Sc2nc(C)c(C(=O)O)s2)cc1. The van der Waals surface area contributed by atoms with Crippen molar-refractivity contribution in [2.45, 2.75) is 29.5 Å². The molecule has 0 aliphatic rings. The van der Waals surface area contributed by atoms with Crippen LogP contribution in [0.25, 0.3) is 0 Å². The molecule has 1 aromatic heterocycles. The summed E-state index contributed by atoms with van der Waals surface area (Å²) in [6.07, 6.45) is 0.486. The van der Waals surface area contributed by atoms with Gasteiger partial charge in [-0.05, 0) is 19.1 Å². The maximum atomic E-state index is 11.5. The Morgan fingerprint density at radius 1 is 1.30 bits per heavy atom. The first-order chi connectivity index (χ1) is 9.51. The highest BCUT2D eigenvalue weighted by atomic mass is 32.2. The highest BCUT2D eigenvalue weighted by Crippen LogP contribution is 2.33. The zero-order chi connectivity index (χ0) is 14.7. The van der Waals surface area contributed by atoms with Crippen LogP contribution in [0.5, 0.6) is 0 Å². The van der Waals surface area contributed by atoms with Crippen molar-refractivity contribution in [3.8, 4) is 0 Å². The van der Waals surface area contributed by atoms with E-state index in [-0.39, 0.29) is 10.7 Å². The Morgan fingerprint density at radius 2 is 1.95 bits per heavy atom. The van der Waals surface area contributed by atoms with Crippen LogP contribution in [-0.4, -0.2) is 21.8 Å². The summed E-state index contributed by atoms with van der Waals surface area (Å²) in [6, 6.07) is 7.27. The molecule has 20 heavy (non-hydrogen) atoms. The molecule has 0 unspecified atom stereocenters. The molecule has 0 radical (unpaired) electrons. The van der Waals surface area contributed by atoms with E-state index in [2.05, 4.69) is 4.98 Å². The van der Waals surface area contributed by atoms with Crippen molar-refractivity contribution in [2.24, 2.45) is 0 Å². The van der Waals surface area contributed by atoms with Gasteiger partial charge in [-0.2, -0.15) is 0 Å². The largest absolute Gasteiger partial charge is 0.477 e. The summed E-state index contributed by atoms with van der Waals surface area (Å²) in [7, 11) is 0. The second kappa shape index (κ2) is 6.19. The molecule has 0 atom stereocenters. The molecule has 2 rings (SSSR count). The highest BCUT2D eigenvalue weighted by Gasteiger charge is 2.14. The van der Waals surface area contributed by atoms with Gasteiger partial charge in [0.05, 0.1) is 5.69 Å². The smallest absolute Gasteiger partial charge is 0.347 e. The number of aryl methyl sites for hydroxylation is 1. The number of hydrogen-bond donors (Lipinski definition) is 1. The van der Waals surface area contributed by atoms with Crippen molar-refractivity contribution in [1.82, 2.24) is 4.98 Å². The van der Waals surface area contributed by atoms with Crippen LogP contribution in [0, 0.1) is 6.92 Å². The summed E-state index contributed by atoms with van der Waals surface area (Å²) in [5.41, 5.74) is 1.22. The lowest BCUT2D eigenvalue weighted by Gasteiger charge is -2.00. The number of thiazole rings is 1. The van der Waals surface area contributed by atoms with E-state index >= 15 is 0 Å². The van der Waals surface area contributed by atoms with E-state index in [9.17, 15) is 9.59 Å². The minimum absolute atomic E-state index is 0.111. The Morgan fingerprint density at radius 3 is 2.45 bits per heavy atom. The normalized spacial score (nSPS) is 10.5. The standard InChI is InChI=1S/C14H13NO3S2/c1-3-11(16)9-4-6-10(7-5-9)19-14-15-8(2)12(20-14)13(17)18/h4-7H,3H2,1-2H3,(H,17,18). The molecular formula is C14H13NO3S2. The molecule has 1 heterocycles. The summed E-state index contributed by atoms with van der Waals surface area (Å²) in [6.45, 7) is 3.52. The van der Waals surface area contributed by atoms with Gasteiger partial charge < -0.3 is 5.11 Å². The molecule has 104 valence electrons. The molecule has 0 saturated carbocycles. The van der Waals surface area contributed by atoms with Crippen molar-refractivity contribution < 1.29 is 14.7 Å². The van der Waals surface area contributed by atoms with Gasteiger partial charge in [0, 0.05) is 16.9 Å². The van der Waals surface area contributed by atoms with E-state index in [0.29, 0.717) is 22.0 Å². The zero-order valence-corrected chi connectivity index (χ0v) is 12.7. The van der Waals surface area contributed by atoms with Gasteiger partial charge in [0.15, 0.2) is 10.1 Å². The van der Waals surface area contributed by atoms with Crippen molar-refractivity contribution in [3.05, 3.63) is 40.4 Å². The quantitative estimate of drug-likeness (QED) is 0.849. The number of carboxylic acid groups (broad SMARTS) is 1. The lowest BCUT2D eigenvalue weighted by Crippen LogP contribution is -1.95. The number of carbonyl (C=O) groups excluding carboxylic acids is 1. The van der Waals surface area contributed by atoms with Gasteiger partial charge in [-0.3, -0.25) is 4.79 Å². The van der Waals surface area contributed by atoms with Gasteiger partial charge >= 0.3 is 5.97 Å². The van der Waals surface area contributed by atoms with E-state index in [0.717, 1.165) is 16.2 Å². The number of ketones is 1. The molecule has 0 amide bonds. The number of benzene rings is 1. The first kappa shape index (κ1) is 14.7. The van der Waals surface area contributed by atoms with Crippen LogP contribution in [0.3, 0.4) is 0 Å². The third-order valence-corrected chi connectivity index (χ3v) is 4.89. The predicted octanol–water partition coefficient (Wildman–Crippen LogP) is 3.89. The average molecular weight is 307 g/mol. The monoisotopic (exact) mass is 307 g/mol. The minimum Gasteiger partial charge on any atom is -0.477 e. The number of nitrogens with zero attached hydrogens (tertiary/aromatic N) is 1. The number of hydrogen-bond acceptors (Lipinski definition) is 5. The zero-order valence-electron chi connectivity index (χ0n) is 11.0. The third kappa shape index (κ3) is 3.26. The molecule has 0 aliphatic carbocycles. The van der Waals surface area contributed by atoms with Gasteiger partial charge in [0.2, 0.25) is 0 Å². The number of carbonyl (C=O) groups is 2. The van der Waals surface area contributed by atoms with Gasteiger partial charge in [0.25, 0.3) is 0 Å². The fraction of sp³-hybridized carbons (Fsp3) is 0.214. The lowest BCUT2D eigenvalue weighted by molar-refractivity contribution is 0.0701. The molecule has 0 bridgehead atoms. The maximum absolute atomic E-state index is 11.5. The summed E-state index contributed by atoms with van der Waals surface area (Å²) < 4.78 is 0.689. The van der Waals surface area contributed by atoms with Gasteiger partial charge in [-0.1, -0.05) is 30.8 Å². The Balaban J connectivity index is 2.16. The third-order valence-electron chi connectivity index (χ3n) is 2.67. The predicted molar refractivity (Wildman–Crippen MR) is 79.0 cm³/mol. The van der Waals surface area contributed by atoms with Crippen LogP contribution in [0.2, 0.25) is 0 Å². The Hall–Kier alpha value is -1.66. The van der Waals surface area contributed by atoms with Crippen molar-refractivity contribution in [1.29, 1.82) is 0 Å². The van der Waals surface area contributed by atoms with Crippen LogP contribution in [0.15, 0.2) is 33.5 Å². The molecule has 6 heteroatoms. The summed E-state index contributed by atoms with van der Waals surface area (Å²) in [4.78, 5) is 27.9. The van der Waals surface area contributed by atoms with Crippen molar-refractivity contribution in [3.63, 3.8) is 0 Å². The first-order valence-electron chi connectivity index (χ1n) is 6.03. The topological polar surface area (TPSA) is 67.3 Å². The van der Waals surface area contributed by atoms with Gasteiger partial charge in [0.1, 0.15) is 4.88 Å². The number of rotatable bonds is 5. The summed E-state index contributed by atoms with van der Waals surface area (Å²) in [5, 5.41) is 8.99. The van der Waals surface area contributed by atoms with Crippen molar-refractivity contribution >= 4 is 34.9 Å². The lowest BCUT2D eigenvalue weighted by atomic mass is 10.1. The van der Waals surface area contributed by atoms with Crippen LogP contribution in [0.4, 0.5) is 0 Å². The first-order valence-corrected chi connectivity index (χ1v) is 7.66. The minimum atomic E-state index is -0.948. The Kier molecular flexibility index (Phi) is 4.57. The van der Waals surface area contributed by atoms with Crippen LogP contribution in [0.1, 0.15) is 39.1 Å². The molecular weight excluding hydrogens is 294 g/mol. The summed E-state index contributed by atoms with van der Waals surface area (Å²) >= 11 is 2.56. The second-order valence-electron chi connectivity index (χ2n) is 4.10. The highest BCUT2D eigenvalue weighted by molar-refractivity contribution is 8.01. The van der Waals surface area contributed by atoms with E-state index in [1.807, 2.05) is 19.1 Å². The molecule has 0 saturated heterocycles. The molecule has 1 N–H and O–H groups in total. The van der Waals surface area contributed by atoms with Crippen molar-refractivity contribution in [2.75, 3.05) is 0 Å². The van der Waals surface area contributed by atoms with Gasteiger partial charge in [-0.15, -0.1) is 11.3 Å². The van der Waals surface area contributed by atoms with Crippen LogP contribution < -0.4 is 0 Å². The molecule has 1 aromatic carbocycles. The number of carboxylic acids is 1. The van der Waals surface area contributed by atoms with E-state index in [4.69, 9.17) is 5.11 Å². The van der Waals surface area contributed by atoms with E-state index < -0.39 is 5.97 Å². The van der Waals surface area contributed by atoms with E-state index in [1.54, 1.807) is 19.1 Å². The fourth-order valence-corrected chi connectivity index (χ4v) is 3.63. The fourth-order valence-electron chi connectivity index (χ4n) is 1.63.